The molecule has 0 unspecified atom stereocenters. The normalized spacial score (nSPS) is 45.7. The quantitative estimate of drug-likeness (QED) is 0.402. The number of rotatable bonds is 0. The first-order valence-corrected chi connectivity index (χ1v) is 3.13. The van der Waals surface area contributed by atoms with Crippen molar-refractivity contribution in [1.29, 1.82) is 0 Å². The van der Waals surface area contributed by atoms with E-state index in [1.165, 1.54) is 19.3 Å². The number of hydrogen-bond donors (Lipinski definition) is 0. The Morgan fingerprint density at radius 1 is 1.29 bits per heavy atom. The van der Waals surface area contributed by atoms with Gasteiger partial charge in [-0.1, -0.05) is 12.2 Å². The van der Waals surface area contributed by atoms with Gasteiger partial charge in [0, 0.05) is 0 Å². The van der Waals surface area contributed by atoms with Crippen LogP contribution in [0.1, 0.15) is 19.3 Å². The van der Waals surface area contributed by atoms with Gasteiger partial charge in [0.1, 0.15) is 0 Å². The Kier molecular flexibility index (Phi) is 0.592. The molecule has 0 heteroatoms. The number of allylic oxidation sites excluding steroid dienone is 2. The van der Waals surface area contributed by atoms with Crippen LogP contribution < -0.4 is 0 Å². The maximum Gasteiger partial charge on any atom is -0.0202 e. The van der Waals surface area contributed by atoms with Gasteiger partial charge in [0.15, 0.2) is 0 Å². The average Bonchev–Trinajstić information content (AvgIpc) is 1.85. The van der Waals surface area contributed by atoms with E-state index in [1.54, 1.807) is 0 Å². The molecule has 0 heterocycles. The van der Waals surface area contributed by atoms with Crippen molar-refractivity contribution >= 4 is 0 Å². The zero-order valence-electron chi connectivity index (χ0n) is 4.43. The highest BCUT2D eigenvalue weighted by Crippen LogP contribution is 2.41. The molecule has 0 aliphatic heterocycles. The highest BCUT2D eigenvalue weighted by molar-refractivity contribution is 5.05. The van der Waals surface area contributed by atoms with Crippen molar-refractivity contribution in [2.24, 2.45) is 11.8 Å². The predicted octanol–water partition coefficient (Wildman–Crippen LogP) is 1.97. The fourth-order valence-electron chi connectivity index (χ4n) is 1.57. The van der Waals surface area contributed by atoms with Gasteiger partial charge in [-0.25, -0.2) is 0 Å². The zero-order chi connectivity index (χ0) is 4.69. The predicted molar refractivity (Wildman–Crippen MR) is 30.0 cm³/mol. The summed E-state index contributed by atoms with van der Waals surface area (Å²) in [7, 11) is 0. The second kappa shape index (κ2) is 1.12. The molecule has 38 valence electrons. The lowest BCUT2D eigenvalue weighted by Crippen LogP contribution is -2.18. The monoisotopic (exact) mass is 94.1 g/mol. The first-order valence-electron chi connectivity index (χ1n) is 3.13. The minimum absolute atomic E-state index is 1.01. The van der Waals surface area contributed by atoms with E-state index in [9.17, 15) is 0 Å². The van der Waals surface area contributed by atoms with E-state index in [4.69, 9.17) is 0 Å². The van der Waals surface area contributed by atoms with Crippen molar-refractivity contribution in [2.45, 2.75) is 19.3 Å². The largest absolute Gasteiger partial charge is 0.0880 e. The Morgan fingerprint density at radius 2 is 2.29 bits per heavy atom. The summed E-state index contributed by atoms with van der Waals surface area (Å²) in [4.78, 5) is 0. The van der Waals surface area contributed by atoms with E-state index in [0.29, 0.717) is 0 Å². The summed E-state index contributed by atoms with van der Waals surface area (Å²) in [5, 5.41) is 0. The lowest BCUT2D eigenvalue weighted by atomic mass is 9.76. The van der Waals surface area contributed by atoms with Crippen LogP contribution in [0.2, 0.25) is 0 Å². The van der Waals surface area contributed by atoms with E-state index in [2.05, 4.69) is 12.2 Å². The molecular formula is C7H10. The molecule has 7 heavy (non-hydrogen) atoms. The molecule has 2 atom stereocenters. The average molecular weight is 94.2 g/mol. The minimum Gasteiger partial charge on any atom is -0.0880 e. The van der Waals surface area contributed by atoms with Crippen LogP contribution in [0.15, 0.2) is 12.2 Å². The Labute approximate surface area is 44.2 Å². The Bertz CT molecular complexity index is 103. The third-order valence-electron chi connectivity index (χ3n) is 2.30. The smallest absolute Gasteiger partial charge is 0.0202 e. The van der Waals surface area contributed by atoms with Crippen molar-refractivity contribution in [3.8, 4) is 0 Å². The van der Waals surface area contributed by atoms with Crippen molar-refractivity contribution in [3.05, 3.63) is 12.2 Å². The number of fused-ring (bicyclic) bond motifs is 1. The Morgan fingerprint density at radius 3 is 2.57 bits per heavy atom. The standard InChI is InChI=1S/C7H10/c1-2-6-4-5-7(6)3-1/h1-2,6-7H,3-5H2/t6-,7-/m0/s1. The van der Waals surface area contributed by atoms with Crippen LogP contribution in [0.25, 0.3) is 0 Å². The molecule has 0 bridgehead atoms. The van der Waals surface area contributed by atoms with Crippen LogP contribution >= 0.6 is 0 Å². The maximum atomic E-state index is 2.38. The third-order valence-corrected chi connectivity index (χ3v) is 2.30. The van der Waals surface area contributed by atoms with E-state index < -0.39 is 0 Å². The summed E-state index contributed by atoms with van der Waals surface area (Å²) in [5.74, 6) is 2.10. The van der Waals surface area contributed by atoms with Gasteiger partial charge in [-0.3, -0.25) is 0 Å². The summed E-state index contributed by atoms with van der Waals surface area (Å²) < 4.78 is 0. The van der Waals surface area contributed by atoms with Crippen LogP contribution in [0.5, 0.6) is 0 Å². The van der Waals surface area contributed by atoms with E-state index >= 15 is 0 Å². The molecule has 0 nitrogen and oxygen atoms in total. The third kappa shape index (κ3) is 0.370. The van der Waals surface area contributed by atoms with Gasteiger partial charge in [-0.2, -0.15) is 0 Å². The SMILES string of the molecule is C1=C[C@H]2CC[C@@H]2C1. The van der Waals surface area contributed by atoms with Gasteiger partial charge in [-0.15, -0.1) is 0 Å². The molecule has 1 fully saturated rings. The topological polar surface area (TPSA) is 0 Å². The van der Waals surface area contributed by atoms with Crippen LogP contribution in [0.3, 0.4) is 0 Å². The van der Waals surface area contributed by atoms with Crippen molar-refractivity contribution in [3.63, 3.8) is 0 Å². The molecule has 0 aromatic heterocycles. The van der Waals surface area contributed by atoms with Crippen molar-refractivity contribution in [2.75, 3.05) is 0 Å². The highest BCUT2D eigenvalue weighted by atomic mass is 14.3. The second-order valence-electron chi connectivity index (χ2n) is 2.67. The lowest BCUT2D eigenvalue weighted by molar-refractivity contribution is 0.249. The summed E-state index contributed by atoms with van der Waals surface area (Å²) in [6.07, 6.45) is 9.07. The van der Waals surface area contributed by atoms with E-state index in [1.807, 2.05) is 0 Å². The molecule has 0 radical (unpaired) electrons. The summed E-state index contributed by atoms with van der Waals surface area (Å²) in [5.41, 5.74) is 0. The zero-order valence-corrected chi connectivity index (χ0v) is 4.43. The molecule has 2 aliphatic carbocycles. The molecule has 1 saturated carbocycles. The highest BCUT2D eigenvalue weighted by Gasteiger charge is 2.30. The first kappa shape index (κ1) is 3.71. The minimum atomic E-state index is 1.01. The summed E-state index contributed by atoms with van der Waals surface area (Å²) in [6, 6.07) is 0. The molecular weight excluding hydrogens is 84.1 g/mol. The lowest BCUT2D eigenvalue weighted by Gasteiger charge is -2.29. The van der Waals surface area contributed by atoms with Crippen LogP contribution in [0, 0.1) is 11.8 Å². The second-order valence-corrected chi connectivity index (χ2v) is 2.67. The van der Waals surface area contributed by atoms with Crippen molar-refractivity contribution in [1.82, 2.24) is 0 Å². The molecule has 0 N–H and O–H groups in total. The molecule has 2 rings (SSSR count). The summed E-state index contributed by atoms with van der Waals surface area (Å²) >= 11 is 0. The van der Waals surface area contributed by atoms with Gasteiger partial charge in [0.25, 0.3) is 0 Å². The molecule has 0 spiro atoms. The van der Waals surface area contributed by atoms with Crippen LogP contribution in [-0.2, 0) is 0 Å². The molecule has 0 saturated heterocycles. The number of hydrogen-bond acceptors (Lipinski definition) is 0. The van der Waals surface area contributed by atoms with Crippen LogP contribution in [-0.4, -0.2) is 0 Å². The van der Waals surface area contributed by atoms with Gasteiger partial charge >= 0.3 is 0 Å². The molecule has 0 aromatic carbocycles. The fourth-order valence-corrected chi connectivity index (χ4v) is 1.57. The Hall–Kier alpha value is -0.260. The molecule has 0 aromatic rings. The Balaban J connectivity index is 2.14. The molecule has 0 amide bonds. The van der Waals surface area contributed by atoms with E-state index in [-0.39, 0.29) is 0 Å². The first-order chi connectivity index (χ1) is 3.47. The van der Waals surface area contributed by atoms with Gasteiger partial charge in [0.05, 0.1) is 0 Å². The fraction of sp³-hybridized carbons (Fsp3) is 0.714. The molecule has 2 aliphatic rings. The van der Waals surface area contributed by atoms with Gasteiger partial charge in [0.2, 0.25) is 0 Å². The maximum absolute atomic E-state index is 2.38. The van der Waals surface area contributed by atoms with Crippen molar-refractivity contribution < 1.29 is 0 Å². The summed E-state index contributed by atoms with van der Waals surface area (Å²) in [6.45, 7) is 0. The van der Waals surface area contributed by atoms with Crippen LogP contribution in [0.4, 0.5) is 0 Å². The van der Waals surface area contributed by atoms with Gasteiger partial charge < -0.3 is 0 Å². The van der Waals surface area contributed by atoms with E-state index in [0.717, 1.165) is 11.8 Å². The van der Waals surface area contributed by atoms with Gasteiger partial charge in [-0.05, 0) is 31.1 Å².